The van der Waals surface area contributed by atoms with Gasteiger partial charge < -0.3 is 9.84 Å². The minimum atomic E-state index is -4.94. The summed E-state index contributed by atoms with van der Waals surface area (Å²) < 4.78 is 42.3. The summed E-state index contributed by atoms with van der Waals surface area (Å²) in [5, 5.41) is 17.7. The van der Waals surface area contributed by atoms with Gasteiger partial charge in [-0.1, -0.05) is 0 Å². The molecule has 0 spiro atoms. The quantitative estimate of drug-likeness (QED) is 0.769. The van der Waals surface area contributed by atoms with Crippen molar-refractivity contribution in [2.24, 2.45) is 0 Å². The summed E-state index contributed by atoms with van der Waals surface area (Å²) in [6.45, 7) is 0. The van der Waals surface area contributed by atoms with E-state index in [1.165, 1.54) is 6.07 Å². The van der Waals surface area contributed by atoms with Crippen LogP contribution in [0.5, 0.6) is 5.75 Å². The lowest BCUT2D eigenvalue weighted by Gasteiger charge is -2.13. The van der Waals surface area contributed by atoms with E-state index in [0.29, 0.717) is 0 Å². The Bertz CT molecular complexity index is 503. The van der Waals surface area contributed by atoms with Crippen LogP contribution in [0, 0.1) is 11.3 Å². The number of alkyl halides is 3. The van der Waals surface area contributed by atoms with Crippen LogP contribution in [0.2, 0.25) is 0 Å². The maximum Gasteiger partial charge on any atom is 0.418 e. The van der Waals surface area contributed by atoms with Gasteiger partial charge in [0.2, 0.25) is 0 Å². The van der Waals surface area contributed by atoms with Crippen LogP contribution in [0.3, 0.4) is 0 Å². The molecule has 0 heterocycles. The Hall–Kier alpha value is -2.23. The molecule has 17 heavy (non-hydrogen) atoms. The topological polar surface area (TPSA) is 70.3 Å². The average molecular weight is 245 g/mol. The highest BCUT2D eigenvalue weighted by Gasteiger charge is 2.39. The monoisotopic (exact) mass is 245 g/mol. The highest BCUT2D eigenvalue weighted by Crippen LogP contribution is 2.38. The number of nitrogens with zero attached hydrogens (tertiary/aromatic N) is 1. The smallest absolute Gasteiger partial charge is 0.418 e. The van der Waals surface area contributed by atoms with Gasteiger partial charge in [0.1, 0.15) is 17.4 Å². The number of hydrogen-bond donors (Lipinski definition) is 1. The number of rotatable bonds is 1. The van der Waals surface area contributed by atoms with E-state index in [9.17, 15) is 18.0 Å². The zero-order valence-electron chi connectivity index (χ0n) is 8.50. The maximum atomic E-state index is 12.7. The lowest BCUT2D eigenvalue weighted by atomic mass is 10.00. The molecule has 0 aliphatic rings. The van der Waals surface area contributed by atoms with Gasteiger partial charge in [-0.25, -0.2) is 4.79 Å². The van der Waals surface area contributed by atoms with Gasteiger partial charge in [-0.3, -0.25) is 0 Å². The van der Waals surface area contributed by atoms with Gasteiger partial charge in [0.25, 0.3) is 0 Å². The lowest BCUT2D eigenvalue weighted by Crippen LogP contribution is -2.16. The van der Waals surface area contributed by atoms with Crippen LogP contribution in [0.25, 0.3) is 0 Å². The standard InChI is InChI=1S/C10H6F3NO3/c1-17-9(16)5-2-3-7(15)6(4-14)8(5)10(11,12)13/h2-3,15H,1H3. The van der Waals surface area contributed by atoms with Crippen LogP contribution in [0.15, 0.2) is 12.1 Å². The number of phenols is 1. The Morgan fingerprint density at radius 1 is 1.47 bits per heavy atom. The molecule has 90 valence electrons. The third-order valence-corrected chi connectivity index (χ3v) is 1.98. The number of hydrogen-bond acceptors (Lipinski definition) is 4. The predicted molar refractivity (Wildman–Crippen MR) is 49.2 cm³/mol. The van der Waals surface area contributed by atoms with Gasteiger partial charge >= 0.3 is 12.1 Å². The second-order valence-electron chi connectivity index (χ2n) is 2.98. The van der Waals surface area contributed by atoms with Gasteiger partial charge in [0, 0.05) is 0 Å². The fraction of sp³-hybridized carbons (Fsp3) is 0.200. The van der Waals surface area contributed by atoms with Crippen molar-refractivity contribution in [3.8, 4) is 11.8 Å². The molecule has 4 nitrogen and oxygen atoms in total. The molecule has 0 bridgehead atoms. The van der Waals surface area contributed by atoms with Gasteiger partial charge in [-0.15, -0.1) is 0 Å². The van der Waals surface area contributed by atoms with Crippen LogP contribution >= 0.6 is 0 Å². The molecule has 0 fully saturated rings. The minimum Gasteiger partial charge on any atom is -0.507 e. The number of carbonyl (C=O) groups is 1. The summed E-state index contributed by atoms with van der Waals surface area (Å²) in [5.41, 5.74) is -3.30. The summed E-state index contributed by atoms with van der Waals surface area (Å²) in [5.74, 6) is -2.07. The van der Waals surface area contributed by atoms with Crippen molar-refractivity contribution in [2.45, 2.75) is 6.18 Å². The van der Waals surface area contributed by atoms with E-state index in [0.717, 1.165) is 19.2 Å². The summed E-state index contributed by atoms with van der Waals surface area (Å²) in [6.07, 6.45) is -4.94. The zero-order chi connectivity index (χ0) is 13.2. The molecule has 0 unspecified atom stereocenters. The first kappa shape index (κ1) is 12.8. The van der Waals surface area contributed by atoms with Gasteiger partial charge in [-0.05, 0) is 12.1 Å². The van der Waals surface area contributed by atoms with E-state index in [-0.39, 0.29) is 0 Å². The van der Waals surface area contributed by atoms with Crippen molar-refractivity contribution in [1.82, 2.24) is 0 Å². The maximum absolute atomic E-state index is 12.7. The Morgan fingerprint density at radius 2 is 2.06 bits per heavy atom. The molecule has 1 N–H and O–H groups in total. The number of carbonyl (C=O) groups excluding carboxylic acids is 1. The largest absolute Gasteiger partial charge is 0.507 e. The molecular formula is C10H6F3NO3. The van der Waals surface area contributed by atoms with E-state index in [4.69, 9.17) is 10.4 Å². The Morgan fingerprint density at radius 3 is 2.47 bits per heavy atom. The number of methoxy groups -OCH3 is 1. The lowest BCUT2D eigenvalue weighted by molar-refractivity contribution is -0.138. The zero-order valence-corrected chi connectivity index (χ0v) is 8.50. The molecule has 1 aromatic rings. The average Bonchev–Trinajstić information content (AvgIpc) is 2.26. The number of benzene rings is 1. The molecule has 0 atom stereocenters. The fourth-order valence-electron chi connectivity index (χ4n) is 1.28. The SMILES string of the molecule is COC(=O)c1ccc(O)c(C#N)c1C(F)(F)F. The van der Waals surface area contributed by atoms with Crippen LogP contribution in [-0.4, -0.2) is 18.2 Å². The first-order valence-electron chi connectivity index (χ1n) is 4.24. The van der Waals surface area contributed by atoms with Crippen LogP contribution in [-0.2, 0) is 10.9 Å². The molecular weight excluding hydrogens is 239 g/mol. The Kier molecular flexibility index (Phi) is 3.27. The molecule has 0 aliphatic heterocycles. The van der Waals surface area contributed by atoms with Crippen molar-refractivity contribution < 1.29 is 27.8 Å². The number of esters is 1. The van der Waals surface area contributed by atoms with Crippen LogP contribution in [0.4, 0.5) is 13.2 Å². The number of nitriles is 1. The molecule has 7 heteroatoms. The number of ether oxygens (including phenoxy) is 1. The van der Waals surface area contributed by atoms with Crippen molar-refractivity contribution >= 4 is 5.97 Å². The molecule has 0 aliphatic carbocycles. The van der Waals surface area contributed by atoms with Crippen molar-refractivity contribution in [2.75, 3.05) is 7.11 Å². The number of phenolic OH excluding ortho intramolecular Hbond substituents is 1. The normalized spacial score (nSPS) is 10.8. The van der Waals surface area contributed by atoms with Gasteiger partial charge in [0.15, 0.2) is 0 Å². The van der Waals surface area contributed by atoms with Crippen LogP contribution < -0.4 is 0 Å². The molecule has 0 radical (unpaired) electrons. The highest BCUT2D eigenvalue weighted by molar-refractivity contribution is 5.92. The number of halogens is 3. The third-order valence-electron chi connectivity index (χ3n) is 1.98. The van der Waals surface area contributed by atoms with E-state index < -0.39 is 34.6 Å². The molecule has 1 aromatic carbocycles. The third kappa shape index (κ3) is 2.30. The van der Waals surface area contributed by atoms with E-state index in [1.807, 2.05) is 0 Å². The second kappa shape index (κ2) is 4.33. The predicted octanol–water partition coefficient (Wildman–Crippen LogP) is 2.07. The van der Waals surface area contributed by atoms with E-state index >= 15 is 0 Å². The summed E-state index contributed by atoms with van der Waals surface area (Å²) in [7, 11) is 0.918. The van der Waals surface area contributed by atoms with Gasteiger partial charge in [-0.2, -0.15) is 18.4 Å². The fourth-order valence-corrected chi connectivity index (χ4v) is 1.28. The first-order valence-corrected chi connectivity index (χ1v) is 4.24. The van der Waals surface area contributed by atoms with Crippen molar-refractivity contribution in [3.05, 3.63) is 28.8 Å². The Balaban J connectivity index is 3.65. The first-order chi connectivity index (χ1) is 7.82. The number of aromatic hydroxyl groups is 1. The molecule has 0 amide bonds. The molecule has 0 saturated heterocycles. The molecule has 0 aromatic heterocycles. The molecule has 1 rings (SSSR count). The molecule has 0 saturated carbocycles. The summed E-state index contributed by atoms with van der Waals surface area (Å²) in [6, 6.07) is 2.80. The van der Waals surface area contributed by atoms with Crippen molar-refractivity contribution in [1.29, 1.82) is 5.26 Å². The Labute approximate surface area is 93.8 Å². The van der Waals surface area contributed by atoms with Crippen LogP contribution in [0.1, 0.15) is 21.5 Å². The summed E-state index contributed by atoms with van der Waals surface area (Å²) in [4.78, 5) is 11.1. The second-order valence-corrected chi connectivity index (χ2v) is 2.98. The van der Waals surface area contributed by atoms with Gasteiger partial charge in [0.05, 0.1) is 18.2 Å². The summed E-state index contributed by atoms with van der Waals surface area (Å²) >= 11 is 0. The highest BCUT2D eigenvalue weighted by atomic mass is 19.4. The van der Waals surface area contributed by atoms with Crippen molar-refractivity contribution in [3.63, 3.8) is 0 Å². The minimum absolute atomic E-state index is 0.755. The van der Waals surface area contributed by atoms with E-state index in [2.05, 4.69) is 4.74 Å². The van der Waals surface area contributed by atoms with E-state index in [1.54, 1.807) is 0 Å².